The van der Waals surface area contributed by atoms with E-state index in [1.165, 1.54) is 5.56 Å². The van der Waals surface area contributed by atoms with Crippen LogP contribution < -0.4 is 4.74 Å². The molecule has 2 aromatic carbocycles. The van der Waals surface area contributed by atoms with Crippen LogP contribution in [0.15, 0.2) is 52.9 Å². The number of hydrogen-bond donors (Lipinski definition) is 0. The summed E-state index contributed by atoms with van der Waals surface area (Å²) in [5.41, 5.74) is 2.93. The SMILES string of the molecule is CC(C)(C)c1ccc(Oc2nc3ccccc3o2)cc1. The number of ether oxygens (including phenoxy) is 1. The number of rotatable bonds is 2. The summed E-state index contributed by atoms with van der Waals surface area (Å²) in [6, 6.07) is 15.6. The van der Waals surface area contributed by atoms with Gasteiger partial charge in [-0.3, -0.25) is 0 Å². The monoisotopic (exact) mass is 267 g/mol. The van der Waals surface area contributed by atoms with Gasteiger partial charge < -0.3 is 9.15 Å². The van der Waals surface area contributed by atoms with E-state index in [1.54, 1.807) is 0 Å². The first kappa shape index (κ1) is 12.7. The van der Waals surface area contributed by atoms with Crippen LogP contribution in [0.3, 0.4) is 0 Å². The van der Waals surface area contributed by atoms with Crippen LogP contribution in [-0.4, -0.2) is 4.98 Å². The van der Waals surface area contributed by atoms with Crippen LogP contribution in [0.5, 0.6) is 11.8 Å². The van der Waals surface area contributed by atoms with Crippen LogP contribution >= 0.6 is 0 Å². The van der Waals surface area contributed by atoms with Crippen molar-refractivity contribution in [1.82, 2.24) is 4.98 Å². The van der Waals surface area contributed by atoms with Gasteiger partial charge in [0.1, 0.15) is 11.3 Å². The Morgan fingerprint density at radius 3 is 2.30 bits per heavy atom. The number of para-hydroxylation sites is 2. The molecule has 0 bridgehead atoms. The molecular formula is C17H17NO2. The third-order valence-corrected chi connectivity index (χ3v) is 3.20. The summed E-state index contributed by atoms with van der Waals surface area (Å²) in [7, 11) is 0. The molecule has 0 aliphatic rings. The molecule has 0 N–H and O–H groups in total. The number of nitrogens with zero attached hydrogens (tertiary/aromatic N) is 1. The second-order valence-corrected chi connectivity index (χ2v) is 5.82. The van der Waals surface area contributed by atoms with E-state index in [9.17, 15) is 0 Å². The standard InChI is InChI=1S/C17H17NO2/c1-17(2,3)12-8-10-13(11-9-12)19-16-18-14-6-4-5-7-15(14)20-16/h4-11H,1-3H3. The van der Waals surface area contributed by atoms with Gasteiger partial charge in [-0.15, -0.1) is 0 Å². The van der Waals surface area contributed by atoms with Crippen molar-refractivity contribution in [3.63, 3.8) is 0 Å². The van der Waals surface area contributed by atoms with E-state index in [4.69, 9.17) is 9.15 Å². The van der Waals surface area contributed by atoms with E-state index < -0.39 is 0 Å². The minimum atomic E-state index is 0.135. The van der Waals surface area contributed by atoms with Crippen molar-refractivity contribution >= 4 is 11.1 Å². The molecule has 1 aromatic heterocycles. The smallest absolute Gasteiger partial charge is 0.400 e. The summed E-state index contributed by atoms with van der Waals surface area (Å²) in [5, 5.41) is 0. The van der Waals surface area contributed by atoms with Crippen LogP contribution in [-0.2, 0) is 5.41 Å². The molecule has 3 heteroatoms. The Bertz CT molecular complexity index is 688. The zero-order chi connectivity index (χ0) is 14.2. The summed E-state index contributed by atoms with van der Waals surface area (Å²) < 4.78 is 11.2. The predicted molar refractivity (Wildman–Crippen MR) is 79.2 cm³/mol. The molecule has 0 aliphatic carbocycles. The maximum atomic E-state index is 5.65. The molecule has 3 rings (SSSR count). The van der Waals surface area contributed by atoms with E-state index in [1.807, 2.05) is 36.4 Å². The minimum Gasteiger partial charge on any atom is -0.411 e. The van der Waals surface area contributed by atoms with Gasteiger partial charge >= 0.3 is 6.08 Å². The molecule has 0 spiro atoms. The van der Waals surface area contributed by atoms with Crippen molar-refractivity contribution in [1.29, 1.82) is 0 Å². The molecule has 102 valence electrons. The third kappa shape index (κ3) is 2.52. The Balaban J connectivity index is 1.84. The molecule has 0 amide bonds. The number of benzene rings is 2. The summed E-state index contributed by atoms with van der Waals surface area (Å²) in [4.78, 5) is 4.29. The summed E-state index contributed by atoms with van der Waals surface area (Å²) >= 11 is 0. The van der Waals surface area contributed by atoms with Gasteiger partial charge in [0.15, 0.2) is 5.58 Å². The van der Waals surface area contributed by atoms with Crippen LogP contribution in [0.25, 0.3) is 11.1 Å². The van der Waals surface area contributed by atoms with E-state index in [0.29, 0.717) is 0 Å². The van der Waals surface area contributed by atoms with Gasteiger partial charge in [-0.25, -0.2) is 0 Å². The van der Waals surface area contributed by atoms with Gasteiger partial charge in [0.05, 0.1) is 0 Å². The molecule has 0 fully saturated rings. The maximum Gasteiger partial charge on any atom is 0.400 e. The highest BCUT2D eigenvalue weighted by Crippen LogP contribution is 2.28. The lowest BCUT2D eigenvalue weighted by Crippen LogP contribution is -2.10. The van der Waals surface area contributed by atoms with Gasteiger partial charge in [-0.1, -0.05) is 45.0 Å². The Labute approximate surface area is 118 Å². The first-order chi connectivity index (χ1) is 9.52. The van der Waals surface area contributed by atoms with E-state index in [0.717, 1.165) is 16.8 Å². The second-order valence-electron chi connectivity index (χ2n) is 5.82. The maximum absolute atomic E-state index is 5.65. The highest BCUT2D eigenvalue weighted by molar-refractivity contribution is 5.72. The lowest BCUT2D eigenvalue weighted by atomic mass is 9.87. The molecule has 0 saturated heterocycles. The Morgan fingerprint density at radius 2 is 1.65 bits per heavy atom. The number of hydrogen-bond acceptors (Lipinski definition) is 3. The van der Waals surface area contributed by atoms with E-state index in [-0.39, 0.29) is 11.5 Å². The minimum absolute atomic E-state index is 0.135. The van der Waals surface area contributed by atoms with Crippen molar-refractivity contribution in [3.05, 3.63) is 54.1 Å². The zero-order valence-electron chi connectivity index (χ0n) is 11.9. The Morgan fingerprint density at radius 1 is 0.950 bits per heavy atom. The number of fused-ring (bicyclic) bond motifs is 1. The lowest BCUT2D eigenvalue weighted by Gasteiger charge is -2.18. The van der Waals surface area contributed by atoms with Crippen molar-refractivity contribution in [2.75, 3.05) is 0 Å². The molecule has 3 aromatic rings. The van der Waals surface area contributed by atoms with E-state index in [2.05, 4.69) is 37.9 Å². The lowest BCUT2D eigenvalue weighted by molar-refractivity contribution is 0.343. The molecule has 0 saturated carbocycles. The van der Waals surface area contributed by atoms with Gasteiger partial charge in [0.2, 0.25) is 0 Å². The average Bonchev–Trinajstić information content (AvgIpc) is 2.80. The van der Waals surface area contributed by atoms with Crippen molar-refractivity contribution in [3.8, 4) is 11.8 Å². The topological polar surface area (TPSA) is 35.3 Å². The molecule has 1 heterocycles. The molecular weight excluding hydrogens is 250 g/mol. The fourth-order valence-corrected chi connectivity index (χ4v) is 2.02. The molecule has 20 heavy (non-hydrogen) atoms. The second kappa shape index (κ2) is 4.67. The normalized spacial score (nSPS) is 11.8. The van der Waals surface area contributed by atoms with Gasteiger partial charge in [0.25, 0.3) is 0 Å². The summed E-state index contributed by atoms with van der Waals surface area (Å²) in [5.74, 6) is 0.726. The van der Waals surface area contributed by atoms with E-state index >= 15 is 0 Å². The summed E-state index contributed by atoms with van der Waals surface area (Å²) in [6.07, 6.45) is 0.273. The van der Waals surface area contributed by atoms with Gasteiger partial charge in [-0.05, 0) is 35.2 Å². The highest BCUT2D eigenvalue weighted by Gasteiger charge is 2.13. The van der Waals surface area contributed by atoms with Crippen molar-refractivity contribution < 1.29 is 9.15 Å². The first-order valence-corrected chi connectivity index (χ1v) is 6.66. The molecule has 0 radical (unpaired) electrons. The predicted octanol–water partition coefficient (Wildman–Crippen LogP) is 4.92. The highest BCUT2D eigenvalue weighted by atomic mass is 16.6. The molecule has 0 atom stereocenters. The number of aromatic nitrogens is 1. The largest absolute Gasteiger partial charge is 0.411 e. The van der Waals surface area contributed by atoms with Crippen molar-refractivity contribution in [2.24, 2.45) is 0 Å². The summed E-state index contributed by atoms with van der Waals surface area (Å²) in [6.45, 7) is 6.55. The van der Waals surface area contributed by atoms with Crippen LogP contribution in [0, 0.1) is 0 Å². The van der Waals surface area contributed by atoms with Gasteiger partial charge in [-0.2, -0.15) is 4.98 Å². The third-order valence-electron chi connectivity index (χ3n) is 3.20. The average molecular weight is 267 g/mol. The zero-order valence-corrected chi connectivity index (χ0v) is 11.9. The molecule has 0 unspecified atom stereocenters. The van der Waals surface area contributed by atoms with Gasteiger partial charge in [0, 0.05) is 0 Å². The van der Waals surface area contributed by atoms with Crippen LogP contribution in [0.4, 0.5) is 0 Å². The quantitative estimate of drug-likeness (QED) is 0.661. The van der Waals surface area contributed by atoms with Crippen LogP contribution in [0.2, 0.25) is 0 Å². The molecule has 3 nitrogen and oxygen atoms in total. The van der Waals surface area contributed by atoms with Crippen molar-refractivity contribution in [2.45, 2.75) is 26.2 Å². The fourth-order valence-electron chi connectivity index (χ4n) is 2.02. The molecule has 0 aliphatic heterocycles. The Hall–Kier alpha value is -2.29. The van der Waals surface area contributed by atoms with Crippen LogP contribution in [0.1, 0.15) is 26.3 Å². The number of oxazole rings is 1. The first-order valence-electron chi connectivity index (χ1n) is 6.66. The fraction of sp³-hybridized carbons (Fsp3) is 0.235. The Kier molecular flexibility index (Phi) is 2.97.